The number of aromatic nitrogens is 2. The van der Waals surface area contributed by atoms with Crippen molar-refractivity contribution in [2.45, 2.75) is 39.0 Å². The zero-order valence-corrected chi connectivity index (χ0v) is 14.5. The Balaban J connectivity index is 1.53. The topological polar surface area (TPSA) is 66.4 Å². The van der Waals surface area contributed by atoms with Crippen LogP contribution in [0.1, 0.15) is 44.9 Å². The van der Waals surface area contributed by atoms with Crippen LogP contribution in [0, 0.1) is 11.8 Å². The molecule has 2 aliphatic rings. The molecule has 1 unspecified atom stereocenters. The van der Waals surface area contributed by atoms with Crippen LogP contribution in [-0.2, 0) is 9.59 Å². The van der Waals surface area contributed by atoms with Crippen LogP contribution in [0.25, 0.3) is 0 Å². The van der Waals surface area contributed by atoms with Crippen LogP contribution < -0.4 is 0 Å². The zero-order chi connectivity index (χ0) is 17.1. The van der Waals surface area contributed by atoms with E-state index < -0.39 is 0 Å². The van der Waals surface area contributed by atoms with Gasteiger partial charge in [-0.25, -0.2) is 9.97 Å². The number of nitrogens with zero attached hydrogens (tertiary/aromatic N) is 4. The summed E-state index contributed by atoms with van der Waals surface area (Å²) in [6, 6.07) is 1.82. The van der Waals surface area contributed by atoms with Crippen LogP contribution in [0.15, 0.2) is 18.5 Å². The lowest BCUT2D eigenvalue weighted by Crippen LogP contribution is -2.42. The molecule has 2 saturated heterocycles. The third-order valence-corrected chi connectivity index (χ3v) is 4.91. The highest BCUT2D eigenvalue weighted by Gasteiger charge is 2.37. The van der Waals surface area contributed by atoms with Crippen molar-refractivity contribution in [3.8, 4) is 0 Å². The minimum atomic E-state index is -0.166. The normalized spacial score (nSPS) is 22.5. The van der Waals surface area contributed by atoms with E-state index in [1.165, 1.54) is 0 Å². The summed E-state index contributed by atoms with van der Waals surface area (Å²) in [4.78, 5) is 37.3. The van der Waals surface area contributed by atoms with Gasteiger partial charge in [-0.1, -0.05) is 13.8 Å². The Kier molecular flexibility index (Phi) is 5.11. The van der Waals surface area contributed by atoms with Gasteiger partial charge in [0.25, 0.3) is 0 Å². The number of hydrogen-bond acceptors (Lipinski definition) is 4. The fourth-order valence-corrected chi connectivity index (χ4v) is 3.69. The minimum absolute atomic E-state index is 0.120. The lowest BCUT2D eigenvalue weighted by molar-refractivity contribution is -0.136. The average molecular weight is 330 g/mol. The first kappa shape index (κ1) is 16.9. The van der Waals surface area contributed by atoms with E-state index in [1.54, 1.807) is 12.4 Å². The summed E-state index contributed by atoms with van der Waals surface area (Å²) >= 11 is 0. The summed E-state index contributed by atoms with van der Waals surface area (Å²) in [5.74, 6) is 1.74. The van der Waals surface area contributed by atoms with Crippen molar-refractivity contribution in [3.05, 3.63) is 24.3 Å². The fraction of sp³-hybridized carbons (Fsp3) is 0.667. The van der Waals surface area contributed by atoms with Crippen LogP contribution in [-0.4, -0.2) is 57.8 Å². The van der Waals surface area contributed by atoms with E-state index >= 15 is 0 Å². The molecule has 1 atom stereocenters. The molecule has 130 valence electrons. The molecule has 1 aromatic rings. The van der Waals surface area contributed by atoms with Crippen molar-refractivity contribution in [2.75, 3.05) is 26.2 Å². The van der Waals surface area contributed by atoms with Gasteiger partial charge >= 0.3 is 0 Å². The molecule has 0 spiro atoms. The van der Waals surface area contributed by atoms with Gasteiger partial charge in [-0.3, -0.25) is 9.59 Å². The highest BCUT2D eigenvalue weighted by atomic mass is 16.2. The van der Waals surface area contributed by atoms with E-state index in [0.717, 1.165) is 38.3 Å². The maximum absolute atomic E-state index is 12.7. The van der Waals surface area contributed by atoms with Crippen molar-refractivity contribution in [1.82, 2.24) is 19.8 Å². The van der Waals surface area contributed by atoms with Gasteiger partial charge in [-0.05, 0) is 24.8 Å². The highest BCUT2D eigenvalue weighted by Crippen LogP contribution is 2.28. The lowest BCUT2D eigenvalue weighted by Gasteiger charge is -2.32. The maximum atomic E-state index is 12.7. The predicted octanol–water partition coefficient (Wildman–Crippen LogP) is 1.69. The molecule has 6 heteroatoms. The number of carbonyl (C=O) groups excluding carboxylic acids is 2. The lowest BCUT2D eigenvalue weighted by atomic mass is 9.94. The first-order valence-corrected chi connectivity index (χ1v) is 8.88. The highest BCUT2D eigenvalue weighted by molar-refractivity contribution is 5.89. The molecule has 0 N–H and O–H groups in total. The Labute approximate surface area is 143 Å². The molecular formula is C18H26N4O2. The number of rotatable bonds is 4. The quantitative estimate of drug-likeness (QED) is 0.842. The van der Waals surface area contributed by atoms with Crippen molar-refractivity contribution < 1.29 is 9.59 Å². The molecular weight excluding hydrogens is 304 g/mol. The van der Waals surface area contributed by atoms with Gasteiger partial charge < -0.3 is 9.80 Å². The molecule has 3 heterocycles. The van der Waals surface area contributed by atoms with E-state index in [1.807, 2.05) is 15.9 Å². The Hall–Kier alpha value is -1.98. The van der Waals surface area contributed by atoms with Crippen molar-refractivity contribution in [2.24, 2.45) is 11.8 Å². The largest absolute Gasteiger partial charge is 0.342 e. The summed E-state index contributed by atoms with van der Waals surface area (Å²) in [6.07, 6.45) is 5.70. The van der Waals surface area contributed by atoms with Gasteiger partial charge in [0.1, 0.15) is 5.82 Å². The van der Waals surface area contributed by atoms with Crippen molar-refractivity contribution in [3.63, 3.8) is 0 Å². The number of carbonyl (C=O) groups is 2. The summed E-state index contributed by atoms with van der Waals surface area (Å²) < 4.78 is 0. The molecule has 1 aromatic heterocycles. The van der Waals surface area contributed by atoms with E-state index in [2.05, 4.69) is 23.8 Å². The van der Waals surface area contributed by atoms with E-state index in [4.69, 9.17) is 0 Å². The second-order valence-electron chi connectivity index (χ2n) is 7.30. The molecule has 0 aliphatic carbocycles. The molecule has 2 fully saturated rings. The molecule has 6 nitrogen and oxygen atoms in total. The molecule has 2 aliphatic heterocycles. The van der Waals surface area contributed by atoms with Gasteiger partial charge in [0.15, 0.2) is 0 Å². The molecule has 24 heavy (non-hydrogen) atoms. The molecule has 0 bridgehead atoms. The summed E-state index contributed by atoms with van der Waals surface area (Å²) in [6.45, 7) is 6.98. The molecule has 0 radical (unpaired) electrons. The van der Waals surface area contributed by atoms with Gasteiger partial charge in [0.2, 0.25) is 11.8 Å². The van der Waals surface area contributed by atoms with Gasteiger partial charge in [0.05, 0.1) is 5.92 Å². The van der Waals surface area contributed by atoms with Crippen LogP contribution in [0.3, 0.4) is 0 Å². The number of hydrogen-bond donors (Lipinski definition) is 0. The summed E-state index contributed by atoms with van der Waals surface area (Å²) in [5, 5.41) is 0. The van der Waals surface area contributed by atoms with Gasteiger partial charge in [-0.2, -0.15) is 0 Å². The maximum Gasteiger partial charge on any atom is 0.227 e. The number of piperidine rings is 1. The monoisotopic (exact) mass is 330 g/mol. The van der Waals surface area contributed by atoms with Crippen LogP contribution >= 0.6 is 0 Å². The second-order valence-corrected chi connectivity index (χ2v) is 7.30. The Morgan fingerprint density at radius 1 is 1.25 bits per heavy atom. The first-order valence-electron chi connectivity index (χ1n) is 8.88. The van der Waals surface area contributed by atoms with Crippen molar-refractivity contribution >= 4 is 11.8 Å². The molecule has 3 rings (SSSR count). The molecule has 0 saturated carbocycles. The number of likely N-dealkylation sites (tertiary alicyclic amines) is 2. The fourth-order valence-electron chi connectivity index (χ4n) is 3.69. The third kappa shape index (κ3) is 3.74. The Morgan fingerprint density at radius 3 is 2.54 bits per heavy atom. The second kappa shape index (κ2) is 7.28. The van der Waals surface area contributed by atoms with Crippen molar-refractivity contribution in [1.29, 1.82) is 0 Å². The minimum Gasteiger partial charge on any atom is -0.342 e. The first-order chi connectivity index (χ1) is 11.5. The third-order valence-electron chi connectivity index (χ3n) is 4.91. The Bertz CT molecular complexity index is 582. The summed E-state index contributed by atoms with van der Waals surface area (Å²) in [5.41, 5.74) is 0. The van der Waals surface area contributed by atoms with Crippen LogP contribution in [0.5, 0.6) is 0 Å². The number of amides is 2. The van der Waals surface area contributed by atoms with Gasteiger partial charge in [-0.15, -0.1) is 0 Å². The van der Waals surface area contributed by atoms with Crippen LogP contribution in [0.4, 0.5) is 0 Å². The van der Waals surface area contributed by atoms with E-state index in [-0.39, 0.29) is 17.7 Å². The SMILES string of the molecule is CC(C)CN1CC(C(=O)N2CCC(c3ncccn3)CC2)CC1=O. The molecule has 2 amide bonds. The standard InChI is InChI=1S/C18H26N4O2/c1-13(2)11-22-12-15(10-16(22)23)18(24)21-8-4-14(5-9-21)17-19-6-3-7-20-17/h3,6-7,13-15H,4-5,8-12H2,1-2H3. The van der Waals surface area contributed by atoms with Crippen LogP contribution in [0.2, 0.25) is 0 Å². The average Bonchev–Trinajstić information content (AvgIpc) is 2.95. The zero-order valence-electron chi connectivity index (χ0n) is 14.5. The van der Waals surface area contributed by atoms with E-state index in [0.29, 0.717) is 24.8 Å². The van der Waals surface area contributed by atoms with E-state index in [9.17, 15) is 9.59 Å². The Morgan fingerprint density at radius 2 is 1.92 bits per heavy atom. The van der Waals surface area contributed by atoms with Gasteiger partial charge in [0, 0.05) is 50.9 Å². The smallest absolute Gasteiger partial charge is 0.227 e. The molecule has 0 aromatic carbocycles. The predicted molar refractivity (Wildman–Crippen MR) is 90.1 cm³/mol. The summed E-state index contributed by atoms with van der Waals surface area (Å²) in [7, 11) is 0.